The topological polar surface area (TPSA) is 82.0 Å². The number of aromatic nitrogens is 1. The largest absolute Gasteiger partial charge is 0.491 e. The van der Waals surface area contributed by atoms with Gasteiger partial charge < -0.3 is 25.4 Å². The minimum absolute atomic E-state index is 0.128. The first kappa shape index (κ1) is 22.9. The van der Waals surface area contributed by atoms with Crippen LogP contribution in [0, 0.1) is 0 Å². The van der Waals surface area contributed by atoms with Crippen LogP contribution in [0.1, 0.15) is 50.8 Å². The van der Waals surface area contributed by atoms with Crippen LogP contribution in [0.5, 0.6) is 5.75 Å². The Labute approximate surface area is 185 Å². The monoisotopic (exact) mass is 425 g/mol. The van der Waals surface area contributed by atoms with Gasteiger partial charge in [0.2, 0.25) is 0 Å². The molecule has 1 aliphatic rings. The van der Waals surface area contributed by atoms with Gasteiger partial charge in [-0.25, -0.2) is 9.98 Å². The van der Waals surface area contributed by atoms with Gasteiger partial charge in [0.05, 0.1) is 18.8 Å². The standard InChI is InChI=1S/C24H35N5O2/c1-4-25-24(27-16-19-7-12-23(26-15-19)29-13-5-6-14-29)28-17-22(30)20-8-10-21(11-9-20)31-18(2)3/h7-12,15,18,22,30H,4-6,13-14,16-17H2,1-3H3,(H2,25,27,28). The van der Waals surface area contributed by atoms with Crippen LogP contribution in [0.15, 0.2) is 47.6 Å². The van der Waals surface area contributed by atoms with Crippen LogP contribution in [0.25, 0.3) is 0 Å². The number of anilines is 1. The summed E-state index contributed by atoms with van der Waals surface area (Å²) < 4.78 is 5.66. The molecule has 3 rings (SSSR count). The second-order valence-electron chi connectivity index (χ2n) is 8.05. The number of aliphatic hydroxyl groups is 1. The Morgan fingerprint density at radius 3 is 2.48 bits per heavy atom. The normalized spacial score (nSPS) is 15.3. The second-order valence-corrected chi connectivity index (χ2v) is 8.05. The van der Waals surface area contributed by atoms with E-state index in [4.69, 9.17) is 4.74 Å². The molecule has 0 aliphatic carbocycles. The third kappa shape index (κ3) is 7.14. The minimum atomic E-state index is -0.640. The zero-order valence-electron chi connectivity index (χ0n) is 18.8. The van der Waals surface area contributed by atoms with Crippen LogP contribution in [0.3, 0.4) is 0 Å². The molecular weight excluding hydrogens is 390 g/mol. The average molecular weight is 426 g/mol. The van der Waals surface area contributed by atoms with Crippen LogP contribution in [-0.4, -0.2) is 48.3 Å². The van der Waals surface area contributed by atoms with E-state index in [9.17, 15) is 5.11 Å². The van der Waals surface area contributed by atoms with Gasteiger partial charge in [0.25, 0.3) is 0 Å². The van der Waals surface area contributed by atoms with Crippen molar-refractivity contribution in [1.29, 1.82) is 0 Å². The van der Waals surface area contributed by atoms with Gasteiger partial charge in [0.1, 0.15) is 11.6 Å². The third-order valence-corrected chi connectivity index (χ3v) is 5.10. The van der Waals surface area contributed by atoms with E-state index in [1.807, 2.05) is 51.2 Å². The van der Waals surface area contributed by atoms with Crippen LogP contribution >= 0.6 is 0 Å². The molecule has 31 heavy (non-hydrogen) atoms. The predicted octanol–water partition coefficient (Wildman–Crippen LogP) is 3.26. The summed E-state index contributed by atoms with van der Waals surface area (Å²) in [6.45, 7) is 9.83. The number of benzene rings is 1. The molecule has 0 spiro atoms. The van der Waals surface area contributed by atoms with Gasteiger partial charge in [-0.2, -0.15) is 0 Å². The maximum absolute atomic E-state index is 10.5. The Morgan fingerprint density at radius 1 is 1.13 bits per heavy atom. The summed E-state index contributed by atoms with van der Waals surface area (Å²) in [7, 11) is 0. The van der Waals surface area contributed by atoms with Crippen LogP contribution < -0.4 is 20.3 Å². The van der Waals surface area contributed by atoms with Crippen molar-refractivity contribution in [2.75, 3.05) is 31.1 Å². The van der Waals surface area contributed by atoms with Crippen molar-refractivity contribution in [3.8, 4) is 5.75 Å². The highest BCUT2D eigenvalue weighted by atomic mass is 16.5. The fourth-order valence-corrected chi connectivity index (χ4v) is 3.51. The van der Waals surface area contributed by atoms with E-state index < -0.39 is 6.10 Å². The van der Waals surface area contributed by atoms with Crippen molar-refractivity contribution in [3.05, 3.63) is 53.7 Å². The summed E-state index contributed by atoms with van der Waals surface area (Å²) in [5.74, 6) is 2.52. The fraction of sp³-hybridized carbons (Fsp3) is 0.500. The Kier molecular flexibility index (Phi) is 8.53. The fourth-order valence-electron chi connectivity index (χ4n) is 3.51. The van der Waals surface area contributed by atoms with Gasteiger partial charge in [0.15, 0.2) is 5.96 Å². The van der Waals surface area contributed by atoms with E-state index in [2.05, 4.69) is 37.6 Å². The molecule has 2 aromatic rings. The molecule has 0 saturated carbocycles. The molecular formula is C24H35N5O2. The maximum atomic E-state index is 10.5. The Hall–Kier alpha value is -2.80. The Bertz CT molecular complexity index is 815. The molecule has 1 atom stereocenters. The quantitative estimate of drug-likeness (QED) is 0.423. The van der Waals surface area contributed by atoms with E-state index in [0.29, 0.717) is 19.0 Å². The number of nitrogens with zero attached hydrogens (tertiary/aromatic N) is 3. The van der Waals surface area contributed by atoms with Gasteiger partial charge in [0, 0.05) is 32.4 Å². The Morgan fingerprint density at radius 2 is 1.87 bits per heavy atom. The number of nitrogens with one attached hydrogen (secondary N) is 2. The minimum Gasteiger partial charge on any atom is -0.491 e. The summed E-state index contributed by atoms with van der Waals surface area (Å²) in [5.41, 5.74) is 1.89. The number of guanidine groups is 1. The molecule has 168 valence electrons. The number of hydrogen-bond acceptors (Lipinski definition) is 5. The van der Waals surface area contributed by atoms with E-state index in [1.54, 1.807) is 0 Å². The van der Waals surface area contributed by atoms with Gasteiger partial charge in [-0.15, -0.1) is 0 Å². The van der Waals surface area contributed by atoms with Crippen molar-refractivity contribution in [1.82, 2.24) is 15.6 Å². The molecule has 1 aromatic heterocycles. The molecule has 1 unspecified atom stereocenters. The zero-order valence-corrected chi connectivity index (χ0v) is 18.8. The number of rotatable bonds is 9. The first-order valence-corrected chi connectivity index (χ1v) is 11.2. The van der Waals surface area contributed by atoms with E-state index >= 15 is 0 Å². The molecule has 1 aromatic carbocycles. The van der Waals surface area contributed by atoms with Gasteiger partial charge in [-0.05, 0) is 62.9 Å². The van der Waals surface area contributed by atoms with Crippen molar-refractivity contribution in [2.45, 2.75) is 52.4 Å². The maximum Gasteiger partial charge on any atom is 0.191 e. The molecule has 0 radical (unpaired) electrons. The lowest BCUT2D eigenvalue weighted by atomic mass is 10.1. The molecule has 1 aliphatic heterocycles. The highest BCUT2D eigenvalue weighted by molar-refractivity contribution is 5.79. The lowest BCUT2D eigenvalue weighted by Gasteiger charge is -2.17. The number of hydrogen-bond donors (Lipinski definition) is 3. The molecule has 1 saturated heterocycles. The number of aliphatic imine (C=N–C) groups is 1. The van der Waals surface area contributed by atoms with E-state index in [0.717, 1.165) is 42.3 Å². The molecule has 0 amide bonds. The lowest BCUT2D eigenvalue weighted by Crippen LogP contribution is -2.39. The summed E-state index contributed by atoms with van der Waals surface area (Å²) in [6, 6.07) is 11.7. The summed E-state index contributed by atoms with van der Waals surface area (Å²) in [4.78, 5) is 11.5. The number of pyridine rings is 1. The van der Waals surface area contributed by atoms with Gasteiger partial charge in [-0.1, -0.05) is 18.2 Å². The molecule has 7 nitrogen and oxygen atoms in total. The van der Waals surface area contributed by atoms with Crippen molar-refractivity contribution >= 4 is 11.8 Å². The smallest absolute Gasteiger partial charge is 0.191 e. The first-order valence-electron chi connectivity index (χ1n) is 11.2. The second kappa shape index (κ2) is 11.6. The van der Waals surface area contributed by atoms with Gasteiger partial charge >= 0.3 is 0 Å². The van der Waals surface area contributed by atoms with Crippen molar-refractivity contribution in [2.24, 2.45) is 4.99 Å². The summed E-state index contributed by atoms with van der Waals surface area (Å²) in [6.07, 6.45) is 3.87. The van der Waals surface area contributed by atoms with Crippen LogP contribution in [-0.2, 0) is 6.54 Å². The Balaban J connectivity index is 1.53. The zero-order chi connectivity index (χ0) is 22.1. The highest BCUT2D eigenvalue weighted by Gasteiger charge is 2.13. The molecule has 1 fully saturated rings. The van der Waals surface area contributed by atoms with Crippen molar-refractivity contribution in [3.63, 3.8) is 0 Å². The lowest BCUT2D eigenvalue weighted by molar-refractivity contribution is 0.180. The highest BCUT2D eigenvalue weighted by Crippen LogP contribution is 2.19. The van der Waals surface area contributed by atoms with Crippen molar-refractivity contribution < 1.29 is 9.84 Å². The van der Waals surface area contributed by atoms with Gasteiger partial charge in [-0.3, -0.25) is 0 Å². The van der Waals surface area contributed by atoms with E-state index in [-0.39, 0.29) is 6.10 Å². The van der Waals surface area contributed by atoms with Crippen LogP contribution in [0.2, 0.25) is 0 Å². The molecule has 0 bridgehead atoms. The van der Waals surface area contributed by atoms with Crippen LogP contribution in [0.4, 0.5) is 5.82 Å². The SMILES string of the molecule is CCNC(=NCc1ccc(N2CCCC2)nc1)NCC(O)c1ccc(OC(C)C)cc1. The van der Waals surface area contributed by atoms with E-state index in [1.165, 1.54) is 12.8 Å². The summed E-state index contributed by atoms with van der Waals surface area (Å²) in [5, 5.41) is 17.0. The predicted molar refractivity (Wildman–Crippen MR) is 126 cm³/mol. The third-order valence-electron chi connectivity index (χ3n) is 5.10. The molecule has 3 N–H and O–H groups in total. The molecule has 7 heteroatoms. The first-order chi connectivity index (χ1) is 15.0. The summed E-state index contributed by atoms with van der Waals surface area (Å²) >= 11 is 0. The molecule has 2 heterocycles. The number of aliphatic hydroxyl groups excluding tert-OH is 1. The number of ether oxygens (including phenoxy) is 1. The average Bonchev–Trinajstić information content (AvgIpc) is 3.31.